The summed E-state index contributed by atoms with van der Waals surface area (Å²) < 4.78 is 10.8. The maximum absolute atomic E-state index is 5.92. The molecule has 2 N–H and O–H groups in total. The van der Waals surface area contributed by atoms with Crippen LogP contribution in [0.25, 0.3) is 0 Å². The highest BCUT2D eigenvalue weighted by Crippen LogP contribution is 2.33. The summed E-state index contributed by atoms with van der Waals surface area (Å²) in [6.45, 7) is 6.35. The van der Waals surface area contributed by atoms with Gasteiger partial charge in [-0.15, -0.1) is 0 Å². The van der Waals surface area contributed by atoms with Crippen molar-refractivity contribution in [3.8, 4) is 0 Å². The lowest BCUT2D eigenvalue weighted by Crippen LogP contribution is -2.37. The highest BCUT2D eigenvalue weighted by Gasteiger charge is 2.30. The molecule has 1 saturated carbocycles. The largest absolute Gasteiger partial charge is 0.380 e. The van der Waals surface area contributed by atoms with E-state index in [1.54, 1.807) is 0 Å². The fraction of sp³-hybridized carbons (Fsp3) is 1.00. The van der Waals surface area contributed by atoms with Crippen LogP contribution in [-0.4, -0.2) is 32.0 Å². The van der Waals surface area contributed by atoms with Gasteiger partial charge in [0, 0.05) is 19.3 Å². The minimum absolute atomic E-state index is 0.211. The third kappa shape index (κ3) is 3.95. The summed E-state index contributed by atoms with van der Waals surface area (Å²) in [5.41, 5.74) is 5.92. The zero-order valence-corrected chi connectivity index (χ0v) is 9.37. The first kappa shape index (κ1) is 12.0. The van der Waals surface area contributed by atoms with E-state index >= 15 is 0 Å². The molecule has 1 fully saturated rings. The van der Waals surface area contributed by atoms with E-state index in [-0.39, 0.29) is 6.04 Å². The maximum atomic E-state index is 5.92. The average molecular weight is 201 g/mol. The van der Waals surface area contributed by atoms with Crippen molar-refractivity contribution in [2.24, 2.45) is 11.7 Å². The van der Waals surface area contributed by atoms with Gasteiger partial charge in [-0.2, -0.15) is 0 Å². The molecule has 1 unspecified atom stereocenters. The van der Waals surface area contributed by atoms with Crippen LogP contribution >= 0.6 is 0 Å². The molecule has 0 amide bonds. The van der Waals surface area contributed by atoms with E-state index in [0.29, 0.717) is 12.7 Å². The smallest absolute Gasteiger partial charge is 0.0617 e. The van der Waals surface area contributed by atoms with E-state index < -0.39 is 0 Å². The molecule has 0 spiro atoms. The molecule has 0 heterocycles. The molecule has 14 heavy (non-hydrogen) atoms. The van der Waals surface area contributed by atoms with E-state index in [4.69, 9.17) is 15.2 Å². The maximum Gasteiger partial charge on any atom is 0.0617 e. The third-order valence-electron chi connectivity index (χ3n) is 2.77. The second-order valence-corrected chi connectivity index (χ2v) is 4.07. The molecule has 0 aromatic heterocycles. The predicted molar refractivity (Wildman–Crippen MR) is 57.2 cm³/mol. The Hall–Kier alpha value is -0.120. The predicted octanol–water partition coefficient (Wildman–Crippen LogP) is 1.56. The van der Waals surface area contributed by atoms with Gasteiger partial charge in [0.2, 0.25) is 0 Å². The Morgan fingerprint density at radius 3 is 2.57 bits per heavy atom. The Bertz CT molecular complexity index is 146. The second-order valence-electron chi connectivity index (χ2n) is 4.07. The van der Waals surface area contributed by atoms with Crippen LogP contribution in [0.4, 0.5) is 0 Å². The SMILES string of the molecule is CCOCC(N)CC1CC(OCC)C1. The molecular formula is C11H23NO2. The van der Waals surface area contributed by atoms with Crippen molar-refractivity contribution in [3.05, 3.63) is 0 Å². The van der Waals surface area contributed by atoms with Gasteiger partial charge in [0.15, 0.2) is 0 Å². The summed E-state index contributed by atoms with van der Waals surface area (Å²) in [5, 5.41) is 0. The van der Waals surface area contributed by atoms with E-state index in [1.807, 2.05) is 13.8 Å². The molecule has 84 valence electrons. The minimum Gasteiger partial charge on any atom is -0.380 e. The first-order chi connectivity index (χ1) is 6.76. The lowest BCUT2D eigenvalue weighted by molar-refractivity contribution is -0.0304. The molecule has 1 aliphatic carbocycles. The number of hydrogen-bond acceptors (Lipinski definition) is 3. The average Bonchev–Trinajstić information content (AvgIpc) is 2.11. The molecule has 0 saturated heterocycles. The first-order valence-corrected chi connectivity index (χ1v) is 5.71. The van der Waals surface area contributed by atoms with Gasteiger partial charge < -0.3 is 15.2 Å². The fourth-order valence-electron chi connectivity index (χ4n) is 2.00. The molecule has 3 nitrogen and oxygen atoms in total. The monoisotopic (exact) mass is 201 g/mol. The summed E-state index contributed by atoms with van der Waals surface area (Å²) in [5.74, 6) is 0.766. The van der Waals surface area contributed by atoms with Crippen LogP contribution in [0.2, 0.25) is 0 Å². The van der Waals surface area contributed by atoms with Crippen LogP contribution in [0, 0.1) is 5.92 Å². The van der Waals surface area contributed by atoms with Gasteiger partial charge in [-0.25, -0.2) is 0 Å². The van der Waals surface area contributed by atoms with E-state index in [0.717, 1.165) is 25.6 Å². The van der Waals surface area contributed by atoms with Crippen molar-refractivity contribution in [2.75, 3.05) is 19.8 Å². The zero-order valence-electron chi connectivity index (χ0n) is 9.37. The van der Waals surface area contributed by atoms with Crippen LogP contribution in [-0.2, 0) is 9.47 Å². The number of rotatable bonds is 7. The van der Waals surface area contributed by atoms with Crippen LogP contribution in [0.5, 0.6) is 0 Å². The fourth-order valence-corrected chi connectivity index (χ4v) is 2.00. The molecule has 0 aliphatic heterocycles. The standard InChI is InChI=1S/C11H23NO2/c1-3-13-8-10(12)5-9-6-11(7-9)14-4-2/h9-11H,3-8,12H2,1-2H3. The summed E-state index contributed by atoms with van der Waals surface area (Å²) in [7, 11) is 0. The molecule has 1 rings (SSSR count). The van der Waals surface area contributed by atoms with Gasteiger partial charge in [0.05, 0.1) is 12.7 Å². The normalized spacial score (nSPS) is 28.5. The van der Waals surface area contributed by atoms with Crippen molar-refractivity contribution >= 4 is 0 Å². The lowest BCUT2D eigenvalue weighted by Gasteiger charge is -2.36. The summed E-state index contributed by atoms with van der Waals surface area (Å²) in [4.78, 5) is 0. The topological polar surface area (TPSA) is 44.5 Å². The first-order valence-electron chi connectivity index (χ1n) is 5.71. The van der Waals surface area contributed by atoms with Crippen molar-refractivity contribution in [2.45, 2.75) is 45.3 Å². The molecule has 3 heteroatoms. The van der Waals surface area contributed by atoms with Gasteiger partial charge >= 0.3 is 0 Å². The van der Waals surface area contributed by atoms with Crippen LogP contribution in [0.3, 0.4) is 0 Å². The Kier molecular flexibility index (Phi) is 5.45. The summed E-state index contributed by atoms with van der Waals surface area (Å²) >= 11 is 0. The van der Waals surface area contributed by atoms with E-state index in [2.05, 4.69) is 0 Å². The highest BCUT2D eigenvalue weighted by molar-refractivity contribution is 4.83. The number of ether oxygens (including phenoxy) is 2. The molecular weight excluding hydrogens is 178 g/mol. The van der Waals surface area contributed by atoms with Gasteiger partial charge in [-0.3, -0.25) is 0 Å². The molecule has 0 aromatic rings. The molecule has 0 aromatic carbocycles. The zero-order chi connectivity index (χ0) is 10.4. The Balaban J connectivity index is 1.98. The van der Waals surface area contributed by atoms with Gasteiger partial charge in [-0.05, 0) is 39.0 Å². The second kappa shape index (κ2) is 6.38. The van der Waals surface area contributed by atoms with E-state index in [9.17, 15) is 0 Å². The Morgan fingerprint density at radius 1 is 1.29 bits per heavy atom. The van der Waals surface area contributed by atoms with Crippen LogP contribution in [0.1, 0.15) is 33.1 Å². The number of nitrogens with two attached hydrogens (primary N) is 1. The summed E-state index contributed by atoms with van der Waals surface area (Å²) in [6.07, 6.45) is 3.97. The Labute approximate surface area is 86.9 Å². The lowest BCUT2D eigenvalue weighted by atomic mass is 9.78. The van der Waals surface area contributed by atoms with Crippen molar-refractivity contribution in [1.82, 2.24) is 0 Å². The Morgan fingerprint density at radius 2 is 2.00 bits per heavy atom. The number of hydrogen-bond donors (Lipinski definition) is 1. The van der Waals surface area contributed by atoms with Crippen molar-refractivity contribution in [1.29, 1.82) is 0 Å². The van der Waals surface area contributed by atoms with Crippen molar-refractivity contribution < 1.29 is 9.47 Å². The van der Waals surface area contributed by atoms with Gasteiger partial charge in [0.25, 0.3) is 0 Å². The van der Waals surface area contributed by atoms with Crippen LogP contribution < -0.4 is 5.73 Å². The third-order valence-corrected chi connectivity index (χ3v) is 2.77. The summed E-state index contributed by atoms with van der Waals surface area (Å²) in [6, 6.07) is 0.211. The highest BCUT2D eigenvalue weighted by atomic mass is 16.5. The quantitative estimate of drug-likeness (QED) is 0.679. The molecule has 0 radical (unpaired) electrons. The molecule has 0 bridgehead atoms. The van der Waals surface area contributed by atoms with Gasteiger partial charge in [0.1, 0.15) is 0 Å². The van der Waals surface area contributed by atoms with Crippen LogP contribution in [0.15, 0.2) is 0 Å². The van der Waals surface area contributed by atoms with Gasteiger partial charge in [-0.1, -0.05) is 0 Å². The van der Waals surface area contributed by atoms with E-state index in [1.165, 1.54) is 12.8 Å². The molecule has 1 atom stereocenters. The van der Waals surface area contributed by atoms with Crippen molar-refractivity contribution in [3.63, 3.8) is 0 Å². The molecule has 1 aliphatic rings. The minimum atomic E-state index is 0.211.